The van der Waals surface area contributed by atoms with Crippen LogP contribution in [0.4, 0.5) is 4.79 Å². The Hall–Kier alpha value is -2.24. The minimum Gasteiger partial charge on any atom is -0.467 e. The van der Waals surface area contributed by atoms with Crippen molar-refractivity contribution in [3.05, 3.63) is 48.0 Å². The molecular weight excluding hydrogens is 540 g/mol. The van der Waals surface area contributed by atoms with Crippen LogP contribution in [-0.2, 0) is 34.8 Å². The lowest BCUT2D eigenvalue weighted by molar-refractivity contribution is -0.156. The number of methoxy groups -OCH3 is 1. The summed E-state index contributed by atoms with van der Waals surface area (Å²) in [7, 11) is 0.992. The molecule has 1 aliphatic rings. The summed E-state index contributed by atoms with van der Waals surface area (Å²) in [6.45, 7) is 21.4. The van der Waals surface area contributed by atoms with Crippen molar-refractivity contribution in [1.82, 2.24) is 10.6 Å². The maximum atomic E-state index is 12.5. The lowest BCUT2D eigenvalue weighted by Crippen LogP contribution is -2.63. The number of rotatable bonds is 12. The first kappa shape index (κ1) is 35.0. The van der Waals surface area contributed by atoms with Gasteiger partial charge in [0.05, 0.1) is 44.7 Å². The third-order valence-electron chi connectivity index (χ3n) is 7.63. The van der Waals surface area contributed by atoms with Gasteiger partial charge in [0.2, 0.25) is 0 Å². The van der Waals surface area contributed by atoms with Gasteiger partial charge in [-0.15, -0.1) is 0 Å². The van der Waals surface area contributed by atoms with E-state index in [-0.39, 0.29) is 35.8 Å². The predicted octanol–water partition coefficient (Wildman–Crippen LogP) is 5.35. The van der Waals surface area contributed by atoms with Crippen molar-refractivity contribution in [2.75, 3.05) is 20.8 Å². The van der Waals surface area contributed by atoms with Crippen LogP contribution in [0.2, 0.25) is 18.1 Å². The van der Waals surface area contributed by atoms with Crippen molar-refractivity contribution in [2.24, 2.45) is 0 Å². The van der Waals surface area contributed by atoms with Gasteiger partial charge in [0.25, 0.3) is 0 Å². The number of amides is 1. The first-order valence-electron chi connectivity index (χ1n) is 14.3. The lowest BCUT2D eigenvalue weighted by atomic mass is 9.91. The molecule has 1 amide bonds. The van der Waals surface area contributed by atoms with Gasteiger partial charge >= 0.3 is 12.1 Å². The molecule has 1 aromatic carbocycles. The van der Waals surface area contributed by atoms with Crippen molar-refractivity contribution < 1.29 is 33.0 Å². The monoisotopic (exact) mass is 592 g/mol. The SMILES string of the molecule is C=C(C[C@H](NC(=O)OC(C)(C)C)C(=O)OC)C[C@H]1OC[C@@H](OCc2ccccc2)[C@@H](NC)[C@H]1O[Si](C)(C)C(C)(C)C. The quantitative estimate of drug-likeness (QED) is 0.190. The standard InChI is InChI=1S/C31H52N2O7Si/c1-21(17-23(28(34)36-9)33-29(35)39-30(2,3)4)18-24-27(40-41(10,11)31(5,6)7)26(32-8)25(20-38-24)37-19-22-15-13-12-14-16-22/h12-16,23-27,32H,1,17-20H2,2-11H3,(H,33,35)/t23-,24+,25+,26+,27-/m0/s1. The van der Waals surface area contributed by atoms with Gasteiger partial charge in [-0.3, -0.25) is 0 Å². The van der Waals surface area contributed by atoms with Gasteiger partial charge in [-0.05, 0) is 64.4 Å². The Kier molecular flexibility index (Phi) is 12.6. The van der Waals surface area contributed by atoms with Crippen LogP contribution < -0.4 is 10.6 Å². The van der Waals surface area contributed by atoms with Crippen LogP contribution in [0.3, 0.4) is 0 Å². The highest BCUT2D eigenvalue weighted by Gasteiger charge is 2.47. The van der Waals surface area contributed by atoms with E-state index in [9.17, 15) is 9.59 Å². The molecule has 0 spiro atoms. The topological polar surface area (TPSA) is 104 Å². The first-order chi connectivity index (χ1) is 19.0. The molecule has 232 valence electrons. The summed E-state index contributed by atoms with van der Waals surface area (Å²) in [4.78, 5) is 24.9. The molecule has 2 N–H and O–H groups in total. The van der Waals surface area contributed by atoms with Gasteiger partial charge in [0.1, 0.15) is 11.6 Å². The normalized spacial score (nSPS) is 22.5. The summed E-state index contributed by atoms with van der Waals surface area (Å²) in [5, 5.41) is 6.06. The summed E-state index contributed by atoms with van der Waals surface area (Å²) < 4.78 is 30.0. The number of hydrogen-bond donors (Lipinski definition) is 2. The molecule has 2 rings (SSSR count). The summed E-state index contributed by atoms with van der Waals surface area (Å²) >= 11 is 0. The Morgan fingerprint density at radius 2 is 1.76 bits per heavy atom. The Balaban J connectivity index is 2.22. The second kappa shape index (κ2) is 14.8. The molecule has 1 aromatic rings. The third-order valence-corrected chi connectivity index (χ3v) is 12.1. The van der Waals surface area contributed by atoms with Crippen LogP contribution in [0.1, 0.15) is 59.9 Å². The van der Waals surface area contributed by atoms with Crippen molar-refractivity contribution in [3.63, 3.8) is 0 Å². The van der Waals surface area contributed by atoms with E-state index in [0.717, 1.165) is 11.1 Å². The minimum absolute atomic E-state index is 0.0159. The van der Waals surface area contributed by atoms with E-state index in [1.807, 2.05) is 37.4 Å². The average Bonchev–Trinajstić information content (AvgIpc) is 2.86. The number of ether oxygens (including phenoxy) is 4. The van der Waals surface area contributed by atoms with Gasteiger partial charge in [-0.1, -0.05) is 63.3 Å². The molecule has 0 bridgehead atoms. The van der Waals surface area contributed by atoms with Crippen molar-refractivity contribution >= 4 is 20.4 Å². The average molecular weight is 593 g/mol. The van der Waals surface area contributed by atoms with Crippen LogP contribution >= 0.6 is 0 Å². The van der Waals surface area contributed by atoms with Crippen LogP contribution in [0.25, 0.3) is 0 Å². The zero-order chi connectivity index (χ0) is 31.0. The zero-order valence-electron chi connectivity index (χ0n) is 26.7. The summed E-state index contributed by atoms with van der Waals surface area (Å²) in [6.07, 6.45) is -0.949. The molecule has 41 heavy (non-hydrogen) atoms. The van der Waals surface area contributed by atoms with Gasteiger partial charge in [0, 0.05) is 0 Å². The fourth-order valence-electron chi connectivity index (χ4n) is 4.42. The van der Waals surface area contributed by atoms with Crippen LogP contribution in [0.5, 0.6) is 0 Å². The van der Waals surface area contributed by atoms with Gasteiger partial charge < -0.3 is 34.0 Å². The fourth-order valence-corrected chi connectivity index (χ4v) is 5.75. The highest BCUT2D eigenvalue weighted by Crippen LogP contribution is 2.40. The molecule has 5 atom stereocenters. The number of hydrogen-bond acceptors (Lipinski definition) is 8. The second-order valence-corrected chi connectivity index (χ2v) is 18.0. The van der Waals surface area contributed by atoms with E-state index in [1.54, 1.807) is 20.8 Å². The van der Waals surface area contributed by atoms with Crippen molar-refractivity contribution in [2.45, 2.75) is 115 Å². The molecule has 1 saturated heterocycles. The van der Waals surface area contributed by atoms with E-state index in [1.165, 1.54) is 7.11 Å². The first-order valence-corrected chi connectivity index (χ1v) is 17.2. The number of alkyl carbamates (subject to hydrolysis) is 1. The highest BCUT2D eigenvalue weighted by molar-refractivity contribution is 6.74. The molecule has 0 aromatic heterocycles. The van der Waals surface area contributed by atoms with E-state index in [2.05, 4.69) is 51.1 Å². The maximum Gasteiger partial charge on any atom is 0.408 e. The van der Waals surface area contributed by atoms with Crippen molar-refractivity contribution in [3.8, 4) is 0 Å². The molecule has 9 nitrogen and oxygen atoms in total. The molecule has 1 fully saturated rings. The molecule has 0 saturated carbocycles. The molecule has 10 heteroatoms. The van der Waals surface area contributed by atoms with Crippen LogP contribution in [-0.4, -0.2) is 77.1 Å². The number of benzene rings is 1. The zero-order valence-corrected chi connectivity index (χ0v) is 27.7. The van der Waals surface area contributed by atoms with E-state index in [0.29, 0.717) is 19.6 Å². The molecule has 0 aliphatic carbocycles. The molecule has 1 aliphatic heterocycles. The van der Waals surface area contributed by atoms with E-state index < -0.39 is 32.0 Å². The molecular formula is C31H52N2O7Si. The second-order valence-electron chi connectivity index (χ2n) is 13.2. The lowest BCUT2D eigenvalue weighted by Gasteiger charge is -2.48. The molecule has 0 unspecified atom stereocenters. The van der Waals surface area contributed by atoms with Crippen molar-refractivity contribution in [1.29, 1.82) is 0 Å². The van der Waals surface area contributed by atoms with E-state index >= 15 is 0 Å². The maximum absolute atomic E-state index is 12.5. The third kappa shape index (κ3) is 10.8. The Bertz CT molecular complexity index is 1000. The predicted molar refractivity (Wildman–Crippen MR) is 163 cm³/mol. The Labute approximate surface area is 247 Å². The fraction of sp³-hybridized carbons (Fsp3) is 0.677. The smallest absolute Gasteiger partial charge is 0.408 e. The van der Waals surface area contributed by atoms with Crippen LogP contribution in [0.15, 0.2) is 42.5 Å². The molecule has 0 radical (unpaired) electrons. The summed E-state index contributed by atoms with van der Waals surface area (Å²) in [6, 6.07) is 8.99. The van der Waals surface area contributed by atoms with Crippen LogP contribution in [0, 0.1) is 0 Å². The number of likely N-dealkylation sites (N-methyl/N-ethyl adjacent to an activating group) is 1. The summed E-state index contributed by atoms with van der Waals surface area (Å²) in [5.41, 5.74) is 1.11. The Morgan fingerprint density at radius 1 is 1.12 bits per heavy atom. The largest absolute Gasteiger partial charge is 0.467 e. The van der Waals surface area contributed by atoms with Gasteiger partial charge in [-0.2, -0.15) is 0 Å². The van der Waals surface area contributed by atoms with Gasteiger partial charge in [0.15, 0.2) is 8.32 Å². The number of carbonyl (C=O) groups excluding carboxylic acids is 2. The number of carbonyl (C=O) groups is 2. The highest BCUT2D eigenvalue weighted by atomic mass is 28.4. The minimum atomic E-state index is -2.21. The van der Waals surface area contributed by atoms with Gasteiger partial charge in [-0.25, -0.2) is 9.59 Å². The van der Waals surface area contributed by atoms with E-state index in [4.69, 9.17) is 23.4 Å². The number of esters is 1. The molecule has 1 heterocycles. The summed E-state index contributed by atoms with van der Waals surface area (Å²) in [5.74, 6) is -0.571. The number of nitrogens with one attached hydrogen (secondary N) is 2. The Morgan fingerprint density at radius 3 is 2.29 bits per heavy atom.